The second kappa shape index (κ2) is 9.18. The lowest BCUT2D eigenvalue weighted by atomic mass is 9.84. The lowest BCUT2D eigenvalue weighted by Gasteiger charge is -2.40. The molecule has 4 heteroatoms. The molecule has 1 saturated carbocycles. The maximum Gasteiger partial charge on any atom is 0.122 e. The Morgan fingerprint density at radius 2 is 1.75 bits per heavy atom. The van der Waals surface area contributed by atoms with Crippen molar-refractivity contribution in [3.8, 4) is 0 Å². The van der Waals surface area contributed by atoms with Crippen molar-refractivity contribution in [1.82, 2.24) is 9.88 Å². The molecule has 1 aliphatic carbocycles. The van der Waals surface area contributed by atoms with E-state index in [1.54, 1.807) is 0 Å². The summed E-state index contributed by atoms with van der Waals surface area (Å²) in [7, 11) is 0. The number of fused-ring (bicyclic) bond motifs is 2. The summed E-state index contributed by atoms with van der Waals surface area (Å²) in [6, 6.07) is 24.8. The van der Waals surface area contributed by atoms with Crippen LogP contribution in [-0.4, -0.2) is 22.3 Å². The number of hydrogen-bond acceptors (Lipinski definition) is 3. The Balaban J connectivity index is 1.25. The number of benzene rings is 3. The molecule has 6 rings (SSSR count). The number of nitrogens with two attached hydrogens (primary N) is 1. The zero-order chi connectivity index (χ0) is 24.8. The number of amidine groups is 1. The van der Waals surface area contributed by atoms with Crippen molar-refractivity contribution in [3.05, 3.63) is 113 Å². The number of nitrogens with zero attached hydrogens (tertiary/aromatic N) is 2. The third-order valence-electron chi connectivity index (χ3n) is 8.11. The maximum atomic E-state index is 7.70. The number of hydrogen-bond donors (Lipinski definition) is 2. The lowest BCUT2D eigenvalue weighted by Crippen LogP contribution is -2.37. The van der Waals surface area contributed by atoms with Crippen molar-refractivity contribution in [1.29, 1.82) is 5.41 Å². The Kier molecular flexibility index (Phi) is 5.85. The van der Waals surface area contributed by atoms with E-state index < -0.39 is 0 Å². The molecule has 1 aliphatic heterocycles. The first-order valence-electron chi connectivity index (χ1n) is 13.1. The van der Waals surface area contributed by atoms with Gasteiger partial charge < -0.3 is 5.73 Å². The quantitative estimate of drug-likeness (QED) is 0.246. The molecule has 2 heterocycles. The summed E-state index contributed by atoms with van der Waals surface area (Å²) in [5, 5.41) is 10.1. The fourth-order valence-electron chi connectivity index (χ4n) is 6.23. The third kappa shape index (κ3) is 4.31. The van der Waals surface area contributed by atoms with E-state index in [1.807, 2.05) is 30.6 Å². The average molecular weight is 475 g/mol. The summed E-state index contributed by atoms with van der Waals surface area (Å²) >= 11 is 0. The Morgan fingerprint density at radius 1 is 1.00 bits per heavy atom. The molecule has 3 unspecified atom stereocenters. The molecule has 2 aliphatic rings. The van der Waals surface area contributed by atoms with Crippen molar-refractivity contribution in [2.24, 2.45) is 11.7 Å². The van der Waals surface area contributed by atoms with E-state index in [9.17, 15) is 0 Å². The Hall–Kier alpha value is -3.50. The number of nitrogens with one attached hydrogen (secondary N) is 1. The predicted molar refractivity (Wildman–Crippen MR) is 147 cm³/mol. The average Bonchev–Trinajstić information content (AvgIpc) is 3.69. The second-order valence-electron chi connectivity index (χ2n) is 10.9. The molecule has 3 atom stereocenters. The zero-order valence-electron chi connectivity index (χ0n) is 21.1. The SMILES string of the molecule is CC(C)C1c2cc(C3CC3c3ccc4cc(C(=N)N)ccc4c3)ccc2CCN1Cc1cccnc1. The first-order valence-corrected chi connectivity index (χ1v) is 13.1. The summed E-state index contributed by atoms with van der Waals surface area (Å²) in [5.74, 6) is 1.83. The minimum atomic E-state index is 0.120. The summed E-state index contributed by atoms with van der Waals surface area (Å²) < 4.78 is 0. The number of rotatable bonds is 6. The fraction of sp³-hybridized carbons (Fsp3) is 0.312. The molecule has 182 valence electrons. The van der Waals surface area contributed by atoms with Gasteiger partial charge in [0.25, 0.3) is 0 Å². The highest BCUT2D eigenvalue weighted by molar-refractivity contribution is 5.99. The van der Waals surface area contributed by atoms with Crippen molar-refractivity contribution in [2.75, 3.05) is 6.54 Å². The molecule has 0 radical (unpaired) electrons. The van der Waals surface area contributed by atoms with Crippen molar-refractivity contribution < 1.29 is 0 Å². The van der Waals surface area contributed by atoms with Gasteiger partial charge in [-0.2, -0.15) is 0 Å². The van der Waals surface area contributed by atoms with Gasteiger partial charge in [-0.1, -0.05) is 68.4 Å². The van der Waals surface area contributed by atoms with Crippen LogP contribution < -0.4 is 5.73 Å². The molecule has 1 aromatic heterocycles. The van der Waals surface area contributed by atoms with Crippen molar-refractivity contribution in [2.45, 2.75) is 51.1 Å². The highest BCUT2D eigenvalue weighted by Gasteiger charge is 2.40. The normalized spacial score (nSPS) is 21.5. The fourth-order valence-corrected chi connectivity index (χ4v) is 6.23. The van der Waals surface area contributed by atoms with E-state index in [1.165, 1.54) is 39.6 Å². The molecule has 0 saturated heterocycles. The third-order valence-corrected chi connectivity index (χ3v) is 8.11. The van der Waals surface area contributed by atoms with Crippen molar-refractivity contribution >= 4 is 16.6 Å². The van der Waals surface area contributed by atoms with Gasteiger partial charge in [0.05, 0.1) is 0 Å². The molecule has 0 spiro atoms. The topological polar surface area (TPSA) is 66.0 Å². The van der Waals surface area contributed by atoms with Crippen LogP contribution in [0.4, 0.5) is 0 Å². The summed E-state index contributed by atoms with van der Waals surface area (Å²) in [5.41, 5.74) is 13.7. The van der Waals surface area contributed by atoms with E-state index >= 15 is 0 Å². The van der Waals surface area contributed by atoms with Crippen LogP contribution in [0.5, 0.6) is 0 Å². The summed E-state index contributed by atoms with van der Waals surface area (Å²) in [6.45, 7) is 6.76. The van der Waals surface area contributed by atoms with Gasteiger partial charge >= 0.3 is 0 Å². The van der Waals surface area contributed by atoms with Crippen molar-refractivity contribution in [3.63, 3.8) is 0 Å². The number of nitrogen functional groups attached to an aromatic ring is 1. The highest BCUT2D eigenvalue weighted by atomic mass is 15.2. The standard InChI is InChI=1S/C32H34N4/c1-20(2)31-30-16-26(8-5-22(30)11-13-36(31)19-21-4-3-12-35-18-21)29-17-28(29)25-9-6-24-15-27(32(33)34)10-7-23(24)14-25/h3-10,12,14-16,18,20,28-29,31H,11,13,17,19H2,1-2H3,(H3,33,34). The van der Waals surface area contributed by atoms with Gasteiger partial charge in [0, 0.05) is 37.1 Å². The van der Waals surface area contributed by atoms with E-state index in [0.717, 1.165) is 30.5 Å². The molecule has 36 heavy (non-hydrogen) atoms. The number of pyridine rings is 1. The van der Waals surface area contributed by atoms with E-state index in [0.29, 0.717) is 23.8 Å². The van der Waals surface area contributed by atoms with Crippen LogP contribution in [0.1, 0.15) is 71.5 Å². The van der Waals surface area contributed by atoms with Crippen LogP contribution in [0.15, 0.2) is 79.1 Å². The summed E-state index contributed by atoms with van der Waals surface area (Å²) in [6.07, 6.45) is 6.18. The molecule has 0 amide bonds. The largest absolute Gasteiger partial charge is 0.384 e. The predicted octanol–water partition coefficient (Wildman–Crippen LogP) is 6.55. The molecule has 4 nitrogen and oxygen atoms in total. The van der Waals surface area contributed by atoms with E-state index in [2.05, 4.69) is 72.3 Å². The Bertz CT molecular complexity index is 1430. The Labute approximate surface area is 213 Å². The van der Waals surface area contributed by atoms with Gasteiger partial charge in [-0.15, -0.1) is 0 Å². The molecular weight excluding hydrogens is 440 g/mol. The van der Waals surface area contributed by atoms with Crippen LogP contribution in [0.3, 0.4) is 0 Å². The first kappa shape index (κ1) is 22.9. The minimum absolute atomic E-state index is 0.120. The second-order valence-corrected chi connectivity index (χ2v) is 10.9. The van der Waals surface area contributed by atoms with Gasteiger partial charge in [0.1, 0.15) is 5.84 Å². The van der Waals surface area contributed by atoms with Gasteiger partial charge in [0.2, 0.25) is 0 Å². The minimum Gasteiger partial charge on any atom is -0.384 e. The molecule has 1 fully saturated rings. The van der Waals surface area contributed by atoms with Crippen LogP contribution >= 0.6 is 0 Å². The summed E-state index contributed by atoms with van der Waals surface area (Å²) in [4.78, 5) is 6.99. The van der Waals surface area contributed by atoms with Crippen LogP contribution in [-0.2, 0) is 13.0 Å². The molecule has 3 N–H and O–H groups in total. The van der Waals surface area contributed by atoms with E-state index in [-0.39, 0.29) is 5.84 Å². The molecule has 3 aromatic carbocycles. The smallest absolute Gasteiger partial charge is 0.122 e. The van der Waals surface area contributed by atoms with Gasteiger partial charge in [0.15, 0.2) is 0 Å². The highest BCUT2D eigenvalue weighted by Crippen LogP contribution is 2.55. The molecular formula is C32H34N4. The molecule has 4 aromatic rings. The van der Waals surface area contributed by atoms with E-state index in [4.69, 9.17) is 11.1 Å². The van der Waals surface area contributed by atoms with Crippen LogP contribution in [0, 0.1) is 11.3 Å². The van der Waals surface area contributed by atoms with Gasteiger partial charge in [-0.25, -0.2) is 0 Å². The monoisotopic (exact) mass is 474 g/mol. The Morgan fingerprint density at radius 3 is 2.50 bits per heavy atom. The maximum absolute atomic E-state index is 7.70. The van der Waals surface area contributed by atoms with Crippen LogP contribution in [0.2, 0.25) is 0 Å². The van der Waals surface area contributed by atoms with Gasteiger partial charge in [-0.3, -0.25) is 15.3 Å². The first-order chi connectivity index (χ1) is 17.5. The zero-order valence-corrected chi connectivity index (χ0v) is 21.1. The molecule has 0 bridgehead atoms. The van der Waals surface area contributed by atoms with Gasteiger partial charge in [-0.05, 0) is 81.3 Å². The van der Waals surface area contributed by atoms with Crippen LogP contribution in [0.25, 0.3) is 10.8 Å². The number of aromatic nitrogens is 1. The lowest BCUT2D eigenvalue weighted by molar-refractivity contribution is 0.135.